The van der Waals surface area contributed by atoms with Crippen molar-refractivity contribution in [2.24, 2.45) is 0 Å². The van der Waals surface area contributed by atoms with Crippen molar-refractivity contribution in [2.45, 2.75) is 6.54 Å². The fourth-order valence-electron chi connectivity index (χ4n) is 2.43. The van der Waals surface area contributed by atoms with Gasteiger partial charge in [-0.1, -0.05) is 0 Å². The molecule has 1 amide bonds. The fourth-order valence-corrected chi connectivity index (χ4v) is 2.43. The minimum atomic E-state index is -0.139. The molecule has 0 fully saturated rings. The Hall–Kier alpha value is -3.19. The number of nitrogens with zero attached hydrogens (tertiary/aromatic N) is 5. The van der Waals surface area contributed by atoms with E-state index in [4.69, 9.17) is 4.74 Å². The van der Waals surface area contributed by atoms with Crippen LogP contribution in [-0.4, -0.2) is 51.0 Å². The smallest absolute Gasteiger partial charge is 0.257 e. The summed E-state index contributed by atoms with van der Waals surface area (Å²) in [4.78, 5) is 31.2. The molecule has 3 heterocycles. The topological polar surface area (TPSA) is 81.1 Å². The van der Waals surface area contributed by atoms with Crippen LogP contribution in [0.15, 0.2) is 61.4 Å². The monoisotopic (exact) mass is 349 g/mol. The van der Waals surface area contributed by atoms with Gasteiger partial charge < -0.3 is 9.64 Å². The van der Waals surface area contributed by atoms with E-state index in [0.29, 0.717) is 31.1 Å². The van der Waals surface area contributed by atoms with E-state index >= 15 is 0 Å². The summed E-state index contributed by atoms with van der Waals surface area (Å²) >= 11 is 0. The van der Waals surface area contributed by atoms with Crippen LogP contribution in [0.2, 0.25) is 0 Å². The highest BCUT2D eigenvalue weighted by Gasteiger charge is 2.17. The van der Waals surface area contributed by atoms with E-state index in [1.54, 1.807) is 49.2 Å². The first-order valence-corrected chi connectivity index (χ1v) is 8.17. The summed E-state index contributed by atoms with van der Waals surface area (Å²) in [6, 6.07) is 7.42. The summed E-state index contributed by atoms with van der Waals surface area (Å²) in [5, 5.41) is 0. The summed E-state index contributed by atoms with van der Waals surface area (Å²) in [5.74, 6) is 0.418. The second-order valence-electron chi connectivity index (χ2n) is 5.61. The zero-order valence-corrected chi connectivity index (χ0v) is 14.4. The zero-order valence-electron chi connectivity index (χ0n) is 14.4. The van der Waals surface area contributed by atoms with Crippen molar-refractivity contribution < 1.29 is 9.53 Å². The molecular formula is C19H19N5O2. The highest BCUT2D eigenvalue weighted by atomic mass is 16.5. The van der Waals surface area contributed by atoms with Crippen LogP contribution < -0.4 is 0 Å². The molecule has 0 saturated carbocycles. The largest absolute Gasteiger partial charge is 0.383 e. The summed E-state index contributed by atoms with van der Waals surface area (Å²) < 4.78 is 5.13. The number of ether oxygens (including phenoxy) is 1. The molecule has 3 aromatic heterocycles. The maximum atomic E-state index is 12.9. The summed E-state index contributed by atoms with van der Waals surface area (Å²) in [6.07, 6.45) is 9.88. The molecular weight excluding hydrogens is 330 g/mol. The average molecular weight is 349 g/mol. The van der Waals surface area contributed by atoms with E-state index in [-0.39, 0.29) is 5.91 Å². The first kappa shape index (κ1) is 17.6. The van der Waals surface area contributed by atoms with Gasteiger partial charge in [-0.05, 0) is 29.8 Å². The van der Waals surface area contributed by atoms with Gasteiger partial charge in [0.1, 0.15) is 0 Å². The predicted octanol–water partition coefficient (Wildman–Crippen LogP) is 2.22. The molecule has 0 radical (unpaired) electrons. The first-order chi connectivity index (χ1) is 12.8. The average Bonchev–Trinajstić information content (AvgIpc) is 2.72. The van der Waals surface area contributed by atoms with Crippen molar-refractivity contribution in [1.82, 2.24) is 24.8 Å². The number of amides is 1. The minimum absolute atomic E-state index is 0.139. The van der Waals surface area contributed by atoms with E-state index < -0.39 is 0 Å². The van der Waals surface area contributed by atoms with Gasteiger partial charge in [-0.3, -0.25) is 14.8 Å². The quantitative estimate of drug-likeness (QED) is 0.651. The van der Waals surface area contributed by atoms with E-state index in [1.807, 2.05) is 24.3 Å². The molecule has 0 aliphatic carbocycles. The number of methoxy groups -OCH3 is 1. The lowest BCUT2D eigenvalue weighted by Crippen LogP contribution is -2.33. The van der Waals surface area contributed by atoms with Gasteiger partial charge in [-0.25, -0.2) is 9.97 Å². The molecule has 3 aromatic rings. The normalized spacial score (nSPS) is 10.5. The lowest BCUT2D eigenvalue weighted by atomic mass is 10.2. The Balaban J connectivity index is 1.77. The Morgan fingerprint density at radius 1 is 1.00 bits per heavy atom. The van der Waals surface area contributed by atoms with Crippen LogP contribution >= 0.6 is 0 Å². The second kappa shape index (κ2) is 8.77. The third-order valence-electron chi connectivity index (χ3n) is 3.81. The molecule has 0 atom stereocenters. The molecule has 3 rings (SSSR count). The van der Waals surface area contributed by atoms with Crippen LogP contribution in [0.25, 0.3) is 11.4 Å². The van der Waals surface area contributed by atoms with Crippen LogP contribution in [0.5, 0.6) is 0 Å². The molecule has 0 aromatic carbocycles. The van der Waals surface area contributed by atoms with Crippen molar-refractivity contribution in [2.75, 3.05) is 20.3 Å². The second-order valence-corrected chi connectivity index (χ2v) is 5.61. The summed E-state index contributed by atoms with van der Waals surface area (Å²) in [7, 11) is 1.61. The van der Waals surface area contributed by atoms with Crippen molar-refractivity contribution in [3.05, 3.63) is 72.6 Å². The van der Waals surface area contributed by atoms with Crippen LogP contribution in [0, 0.1) is 0 Å². The SMILES string of the molecule is COCCN(Cc1ccncc1)C(=O)c1cnc(-c2ccncc2)nc1. The Morgan fingerprint density at radius 3 is 2.23 bits per heavy atom. The lowest BCUT2D eigenvalue weighted by molar-refractivity contribution is 0.0679. The highest BCUT2D eigenvalue weighted by molar-refractivity contribution is 5.93. The molecule has 0 spiro atoms. The molecule has 0 N–H and O–H groups in total. The highest BCUT2D eigenvalue weighted by Crippen LogP contribution is 2.14. The third kappa shape index (κ3) is 4.46. The molecule has 0 bridgehead atoms. The Morgan fingerprint density at radius 2 is 1.62 bits per heavy atom. The lowest BCUT2D eigenvalue weighted by Gasteiger charge is -2.22. The fraction of sp³-hybridized carbons (Fsp3) is 0.211. The van der Waals surface area contributed by atoms with Crippen LogP contribution in [0.3, 0.4) is 0 Å². The van der Waals surface area contributed by atoms with Crippen LogP contribution in [0.4, 0.5) is 0 Å². The molecule has 0 aliphatic heterocycles. The van der Waals surface area contributed by atoms with Gasteiger partial charge in [-0.15, -0.1) is 0 Å². The Labute approximate surface area is 151 Å². The number of hydrogen-bond donors (Lipinski definition) is 0. The number of aromatic nitrogens is 4. The molecule has 0 aliphatic rings. The third-order valence-corrected chi connectivity index (χ3v) is 3.81. The molecule has 0 unspecified atom stereocenters. The van der Waals surface area contributed by atoms with Gasteiger partial charge in [-0.2, -0.15) is 0 Å². The molecule has 7 heteroatoms. The van der Waals surface area contributed by atoms with Gasteiger partial charge in [0.25, 0.3) is 5.91 Å². The van der Waals surface area contributed by atoms with Crippen molar-refractivity contribution in [3.63, 3.8) is 0 Å². The van der Waals surface area contributed by atoms with Crippen LogP contribution in [0.1, 0.15) is 15.9 Å². The molecule has 0 saturated heterocycles. The van der Waals surface area contributed by atoms with Gasteiger partial charge in [0.05, 0.1) is 12.2 Å². The van der Waals surface area contributed by atoms with Crippen molar-refractivity contribution in [3.8, 4) is 11.4 Å². The maximum Gasteiger partial charge on any atom is 0.257 e. The van der Waals surface area contributed by atoms with Crippen molar-refractivity contribution >= 4 is 5.91 Å². The van der Waals surface area contributed by atoms with Crippen LogP contribution in [-0.2, 0) is 11.3 Å². The number of hydrogen-bond acceptors (Lipinski definition) is 6. The molecule has 7 nitrogen and oxygen atoms in total. The minimum Gasteiger partial charge on any atom is -0.383 e. The van der Waals surface area contributed by atoms with E-state index in [1.165, 1.54) is 0 Å². The van der Waals surface area contributed by atoms with Gasteiger partial charge >= 0.3 is 0 Å². The molecule has 26 heavy (non-hydrogen) atoms. The van der Waals surface area contributed by atoms with Gasteiger partial charge in [0.15, 0.2) is 5.82 Å². The number of carbonyl (C=O) groups excluding carboxylic acids is 1. The zero-order chi connectivity index (χ0) is 18.2. The van der Waals surface area contributed by atoms with Crippen molar-refractivity contribution in [1.29, 1.82) is 0 Å². The summed E-state index contributed by atoms with van der Waals surface area (Å²) in [6.45, 7) is 1.40. The number of pyridine rings is 2. The number of carbonyl (C=O) groups is 1. The maximum absolute atomic E-state index is 12.9. The van der Waals surface area contributed by atoms with E-state index in [9.17, 15) is 4.79 Å². The Bertz CT molecular complexity index is 826. The number of rotatable bonds is 7. The van der Waals surface area contributed by atoms with Gasteiger partial charge in [0, 0.05) is 62.9 Å². The van der Waals surface area contributed by atoms with E-state index in [2.05, 4.69) is 19.9 Å². The van der Waals surface area contributed by atoms with Gasteiger partial charge in [0.2, 0.25) is 0 Å². The Kier molecular flexibility index (Phi) is 5.95. The standard InChI is InChI=1S/C19H19N5O2/c1-26-11-10-24(14-15-2-6-20-7-3-15)19(25)17-12-22-18(23-13-17)16-4-8-21-9-5-16/h2-9,12-13H,10-11,14H2,1H3. The van der Waals surface area contributed by atoms with E-state index in [0.717, 1.165) is 11.1 Å². The summed E-state index contributed by atoms with van der Waals surface area (Å²) in [5.41, 5.74) is 2.29. The molecule has 132 valence electrons. The predicted molar refractivity (Wildman–Crippen MR) is 96.1 cm³/mol. The first-order valence-electron chi connectivity index (χ1n) is 8.17.